The predicted octanol–water partition coefficient (Wildman–Crippen LogP) is 3.71. The van der Waals surface area contributed by atoms with E-state index < -0.39 is 0 Å². The maximum Gasteiger partial charge on any atom is 0.259 e. The van der Waals surface area contributed by atoms with Crippen molar-refractivity contribution in [3.8, 4) is 5.69 Å². The second-order valence-electron chi connectivity index (χ2n) is 7.45. The lowest BCUT2D eigenvalue weighted by Gasteiger charge is -2.35. The Labute approximate surface area is 175 Å². The summed E-state index contributed by atoms with van der Waals surface area (Å²) in [5.41, 5.74) is 3.80. The number of anilines is 2. The molecule has 0 aliphatic carbocycles. The van der Waals surface area contributed by atoms with Crippen molar-refractivity contribution in [2.75, 3.05) is 42.9 Å². The van der Waals surface area contributed by atoms with Crippen LogP contribution in [0, 0.1) is 12.7 Å². The van der Waals surface area contributed by atoms with Crippen molar-refractivity contribution in [3.63, 3.8) is 0 Å². The molecule has 7 heteroatoms. The lowest BCUT2D eigenvalue weighted by Crippen LogP contribution is -2.46. The Morgan fingerprint density at radius 2 is 1.63 bits per heavy atom. The van der Waals surface area contributed by atoms with E-state index in [9.17, 15) is 9.18 Å². The molecule has 2 aromatic carbocycles. The lowest BCUT2D eigenvalue weighted by atomic mass is 10.2. The molecule has 6 nitrogen and oxygen atoms in total. The van der Waals surface area contributed by atoms with Gasteiger partial charge in [-0.15, -0.1) is 0 Å². The van der Waals surface area contributed by atoms with Crippen molar-refractivity contribution >= 4 is 17.3 Å². The highest BCUT2D eigenvalue weighted by Crippen LogP contribution is 2.21. The van der Waals surface area contributed by atoms with Crippen LogP contribution in [-0.4, -0.2) is 53.3 Å². The third-order valence-electron chi connectivity index (χ3n) is 5.64. The second kappa shape index (κ2) is 8.67. The van der Waals surface area contributed by atoms with E-state index in [-0.39, 0.29) is 11.7 Å². The van der Waals surface area contributed by atoms with Gasteiger partial charge in [0.2, 0.25) is 0 Å². The molecule has 0 radical (unpaired) electrons. The third kappa shape index (κ3) is 4.21. The van der Waals surface area contributed by atoms with Gasteiger partial charge in [-0.1, -0.05) is 6.92 Å². The van der Waals surface area contributed by atoms with Gasteiger partial charge < -0.3 is 15.1 Å². The minimum atomic E-state index is -0.308. The Balaban J connectivity index is 1.42. The molecule has 0 spiro atoms. The number of hydrogen-bond acceptors (Lipinski definition) is 4. The van der Waals surface area contributed by atoms with E-state index in [2.05, 4.69) is 27.1 Å². The molecule has 2 heterocycles. The van der Waals surface area contributed by atoms with E-state index in [1.54, 1.807) is 16.8 Å². The average Bonchev–Trinajstić information content (AvgIpc) is 3.16. The molecule has 0 bridgehead atoms. The van der Waals surface area contributed by atoms with Gasteiger partial charge in [0.25, 0.3) is 5.91 Å². The highest BCUT2D eigenvalue weighted by molar-refractivity contribution is 6.05. The number of halogens is 1. The van der Waals surface area contributed by atoms with Crippen molar-refractivity contribution in [3.05, 3.63) is 71.8 Å². The van der Waals surface area contributed by atoms with Gasteiger partial charge in [-0.05, 0) is 62.0 Å². The molecule has 0 unspecified atom stereocenters. The Bertz CT molecular complexity index is 1010. The monoisotopic (exact) mass is 407 g/mol. The largest absolute Gasteiger partial charge is 0.369 e. The van der Waals surface area contributed by atoms with Crippen LogP contribution >= 0.6 is 0 Å². The predicted molar refractivity (Wildman–Crippen MR) is 117 cm³/mol. The molecule has 1 N–H and O–H groups in total. The SMILES string of the molecule is CCN1CCN(c2ccc(NC(=O)c3cnn(-c4ccc(F)cc4)c3C)cc2)CC1. The van der Waals surface area contributed by atoms with E-state index in [0.29, 0.717) is 16.9 Å². The summed E-state index contributed by atoms with van der Waals surface area (Å²) in [4.78, 5) is 17.6. The second-order valence-corrected chi connectivity index (χ2v) is 7.45. The third-order valence-corrected chi connectivity index (χ3v) is 5.64. The van der Waals surface area contributed by atoms with E-state index in [1.807, 2.05) is 31.2 Å². The van der Waals surface area contributed by atoms with Crippen molar-refractivity contribution in [2.24, 2.45) is 0 Å². The van der Waals surface area contributed by atoms with Gasteiger partial charge in [-0.3, -0.25) is 4.79 Å². The number of hydrogen-bond donors (Lipinski definition) is 1. The van der Waals surface area contributed by atoms with E-state index in [1.165, 1.54) is 24.0 Å². The van der Waals surface area contributed by atoms with Crippen LogP contribution in [0.2, 0.25) is 0 Å². The van der Waals surface area contributed by atoms with E-state index in [4.69, 9.17) is 0 Å². The van der Waals surface area contributed by atoms with Crippen LogP contribution in [0.15, 0.2) is 54.7 Å². The number of benzene rings is 2. The summed E-state index contributed by atoms with van der Waals surface area (Å²) in [7, 11) is 0. The Hall–Kier alpha value is -3.19. The number of likely N-dealkylation sites (N-methyl/N-ethyl adjacent to an activating group) is 1. The molecule has 4 rings (SSSR count). The minimum Gasteiger partial charge on any atom is -0.369 e. The van der Waals surface area contributed by atoms with Crippen molar-refractivity contribution in [1.82, 2.24) is 14.7 Å². The zero-order valence-electron chi connectivity index (χ0n) is 17.3. The van der Waals surface area contributed by atoms with Crippen LogP contribution < -0.4 is 10.2 Å². The minimum absolute atomic E-state index is 0.217. The lowest BCUT2D eigenvalue weighted by molar-refractivity contribution is 0.102. The van der Waals surface area contributed by atoms with Crippen LogP contribution in [0.1, 0.15) is 23.0 Å². The van der Waals surface area contributed by atoms with Gasteiger partial charge in [0.1, 0.15) is 5.82 Å². The molecular formula is C23H26FN5O. The molecule has 0 saturated carbocycles. The standard InChI is InChI=1S/C23H26FN5O/c1-3-27-12-14-28(15-13-27)20-10-6-19(7-11-20)26-23(30)22-16-25-29(17(22)2)21-8-4-18(24)5-9-21/h4-11,16H,3,12-15H2,1-2H3,(H,26,30). The fourth-order valence-electron chi connectivity index (χ4n) is 3.75. The number of nitrogens with one attached hydrogen (secondary N) is 1. The molecule has 1 amide bonds. The van der Waals surface area contributed by atoms with E-state index in [0.717, 1.165) is 38.4 Å². The van der Waals surface area contributed by atoms with Gasteiger partial charge in [-0.2, -0.15) is 5.10 Å². The van der Waals surface area contributed by atoms with Gasteiger partial charge in [0.15, 0.2) is 0 Å². The summed E-state index contributed by atoms with van der Waals surface area (Å²) in [6.07, 6.45) is 1.54. The van der Waals surface area contributed by atoms with Gasteiger partial charge >= 0.3 is 0 Å². The molecule has 1 aliphatic heterocycles. The van der Waals surface area contributed by atoms with Crippen molar-refractivity contribution < 1.29 is 9.18 Å². The summed E-state index contributed by atoms with van der Waals surface area (Å²) >= 11 is 0. The summed E-state index contributed by atoms with van der Waals surface area (Å²) in [6, 6.07) is 14.0. The molecular weight excluding hydrogens is 381 g/mol. The fraction of sp³-hybridized carbons (Fsp3) is 0.304. The molecule has 1 aliphatic rings. The summed E-state index contributed by atoms with van der Waals surface area (Å²) in [6.45, 7) is 9.29. The first kappa shape index (κ1) is 20.1. The van der Waals surface area contributed by atoms with Crippen molar-refractivity contribution in [2.45, 2.75) is 13.8 Å². The first-order chi connectivity index (χ1) is 14.5. The maximum atomic E-state index is 13.2. The maximum absolute atomic E-state index is 13.2. The number of carbonyl (C=O) groups excluding carboxylic acids is 1. The molecule has 1 saturated heterocycles. The fourth-order valence-corrected chi connectivity index (χ4v) is 3.75. The van der Waals surface area contributed by atoms with Crippen molar-refractivity contribution in [1.29, 1.82) is 0 Å². The Morgan fingerprint density at radius 1 is 1.00 bits per heavy atom. The molecule has 30 heavy (non-hydrogen) atoms. The number of amides is 1. The first-order valence-corrected chi connectivity index (χ1v) is 10.2. The van der Waals surface area contributed by atoms with E-state index >= 15 is 0 Å². The topological polar surface area (TPSA) is 53.4 Å². The molecule has 1 fully saturated rings. The highest BCUT2D eigenvalue weighted by Gasteiger charge is 2.17. The summed E-state index contributed by atoms with van der Waals surface area (Å²) < 4.78 is 14.8. The number of piperazine rings is 1. The number of nitrogens with zero attached hydrogens (tertiary/aromatic N) is 4. The van der Waals surface area contributed by atoms with Crippen LogP contribution in [0.25, 0.3) is 5.69 Å². The highest BCUT2D eigenvalue weighted by atomic mass is 19.1. The number of rotatable bonds is 5. The van der Waals surface area contributed by atoms with Crippen LogP contribution in [-0.2, 0) is 0 Å². The number of aromatic nitrogens is 2. The summed E-state index contributed by atoms with van der Waals surface area (Å²) in [5.74, 6) is -0.526. The zero-order chi connectivity index (χ0) is 21.1. The smallest absolute Gasteiger partial charge is 0.259 e. The number of carbonyl (C=O) groups is 1. The summed E-state index contributed by atoms with van der Waals surface area (Å²) in [5, 5.41) is 7.23. The Morgan fingerprint density at radius 3 is 2.27 bits per heavy atom. The normalized spacial score (nSPS) is 14.7. The van der Waals surface area contributed by atoms with Gasteiger partial charge in [-0.25, -0.2) is 9.07 Å². The van der Waals surface area contributed by atoms with Crippen LogP contribution in [0.4, 0.5) is 15.8 Å². The Kier molecular flexibility index (Phi) is 5.81. The van der Waals surface area contributed by atoms with Gasteiger partial charge in [0, 0.05) is 37.6 Å². The van der Waals surface area contributed by atoms with Gasteiger partial charge in [0.05, 0.1) is 23.1 Å². The first-order valence-electron chi connectivity index (χ1n) is 10.2. The quantitative estimate of drug-likeness (QED) is 0.701. The van der Waals surface area contributed by atoms with Crippen LogP contribution in [0.3, 0.4) is 0 Å². The molecule has 156 valence electrons. The molecule has 1 aromatic heterocycles. The molecule has 3 aromatic rings. The molecule has 0 atom stereocenters. The van der Waals surface area contributed by atoms with Crippen LogP contribution in [0.5, 0.6) is 0 Å². The zero-order valence-corrected chi connectivity index (χ0v) is 17.3. The average molecular weight is 407 g/mol.